The van der Waals surface area contributed by atoms with Crippen LogP contribution in [0.3, 0.4) is 0 Å². The van der Waals surface area contributed by atoms with E-state index in [-0.39, 0.29) is 11.8 Å². The highest BCUT2D eigenvalue weighted by molar-refractivity contribution is 7.90. The molecule has 2 aromatic heterocycles. The quantitative estimate of drug-likeness (QED) is 0.936. The first-order chi connectivity index (χ1) is 8.78. The summed E-state index contributed by atoms with van der Waals surface area (Å²) in [6, 6.07) is -0.187. The molecule has 0 saturated carbocycles. The lowest BCUT2D eigenvalue weighted by molar-refractivity contribution is 0.598. The van der Waals surface area contributed by atoms with Crippen molar-refractivity contribution in [3.05, 3.63) is 16.8 Å². The van der Waals surface area contributed by atoms with Crippen LogP contribution in [-0.2, 0) is 9.84 Å². The fourth-order valence-electron chi connectivity index (χ4n) is 2.02. The molecular weight excluding hydrogens is 282 g/mol. The molecule has 1 atom stereocenters. The van der Waals surface area contributed by atoms with Crippen LogP contribution in [0.1, 0.15) is 17.4 Å². The third-order valence-electron chi connectivity index (χ3n) is 2.90. The Hall–Kier alpha value is -1.21. The van der Waals surface area contributed by atoms with E-state index < -0.39 is 9.84 Å². The van der Waals surface area contributed by atoms with Gasteiger partial charge in [0.1, 0.15) is 26.8 Å². The molecule has 7 heteroatoms. The minimum Gasteiger partial charge on any atom is -0.366 e. The summed E-state index contributed by atoms with van der Waals surface area (Å²) in [5.41, 5.74) is 1.15. The standard InChI is InChI=1S/C12H17N3O2S2/c1-7(5-19(4,16)17)15-11-10-8(2)9(3)18-12(10)14-6-13-11/h6-7H,5H2,1-4H3,(H,13,14,15). The number of fused-ring (bicyclic) bond motifs is 1. The number of hydrogen-bond acceptors (Lipinski definition) is 6. The Kier molecular flexibility index (Phi) is 3.78. The van der Waals surface area contributed by atoms with E-state index in [1.165, 1.54) is 17.5 Å². The second-order valence-electron chi connectivity index (χ2n) is 4.82. The maximum absolute atomic E-state index is 11.3. The summed E-state index contributed by atoms with van der Waals surface area (Å²) in [4.78, 5) is 10.6. The topological polar surface area (TPSA) is 72.0 Å². The van der Waals surface area contributed by atoms with Crippen LogP contribution in [0.25, 0.3) is 10.2 Å². The first-order valence-corrected chi connectivity index (χ1v) is 8.80. The lowest BCUT2D eigenvalue weighted by Gasteiger charge is -2.14. The second-order valence-corrected chi connectivity index (χ2v) is 8.21. The van der Waals surface area contributed by atoms with Crippen molar-refractivity contribution in [3.8, 4) is 0 Å². The molecular formula is C12H17N3O2S2. The molecule has 0 fully saturated rings. The van der Waals surface area contributed by atoms with Crippen molar-refractivity contribution in [2.24, 2.45) is 0 Å². The number of thiophene rings is 1. The number of rotatable bonds is 4. The molecule has 1 unspecified atom stereocenters. The Morgan fingerprint density at radius 3 is 2.68 bits per heavy atom. The SMILES string of the molecule is Cc1sc2ncnc(NC(C)CS(C)(=O)=O)c2c1C. The maximum Gasteiger partial charge on any atom is 0.149 e. The minimum absolute atomic E-state index is 0.0840. The Morgan fingerprint density at radius 1 is 1.37 bits per heavy atom. The van der Waals surface area contributed by atoms with Gasteiger partial charge in [-0.3, -0.25) is 0 Å². The lowest BCUT2D eigenvalue weighted by Crippen LogP contribution is -2.25. The Balaban J connectivity index is 2.35. The van der Waals surface area contributed by atoms with Crippen LogP contribution < -0.4 is 5.32 Å². The zero-order chi connectivity index (χ0) is 14.2. The monoisotopic (exact) mass is 299 g/mol. The van der Waals surface area contributed by atoms with Crippen LogP contribution in [0.4, 0.5) is 5.82 Å². The highest BCUT2D eigenvalue weighted by atomic mass is 32.2. The highest BCUT2D eigenvalue weighted by Crippen LogP contribution is 2.32. The number of nitrogens with zero attached hydrogens (tertiary/aromatic N) is 2. The van der Waals surface area contributed by atoms with Gasteiger partial charge < -0.3 is 5.32 Å². The summed E-state index contributed by atoms with van der Waals surface area (Å²) in [6.45, 7) is 5.92. The third-order valence-corrected chi connectivity index (χ3v) is 5.12. The number of hydrogen-bond donors (Lipinski definition) is 1. The molecule has 19 heavy (non-hydrogen) atoms. The predicted molar refractivity (Wildman–Crippen MR) is 79.7 cm³/mol. The Labute approximate surface area is 117 Å². The molecule has 1 N–H and O–H groups in total. The van der Waals surface area contributed by atoms with E-state index in [4.69, 9.17) is 0 Å². The molecule has 0 aliphatic carbocycles. The van der Waals surface area contributed by atoms with Crippen molar-refractivity contribution >= 4 is 37.2 Å². The zero-order valence-corrected chi connectivity index (χ0v) is 13.0. The zero-order valence-electron chi connectivity index (χ0n) is 11.4. The summed E-state index contributed by atoms with van der Waals surface area (Å²) < 4.78 is 22.6. The molecule has 0 radical (unpaired) electrons. The predicted octanol–water partition coefficient (Wildman–Crippen LogP) is 2.15. The van der Waals surface area contributed by atoms with Gasteiger partial charge in [0.25, 0.3) is 0 Å². The van der Waals surface area contributed by atoms with Gasteiger partial charge in [0.05, 0.1) is 11.1 Å². The Morgan fingerprint density at radius 2 is 2.05 bits per heavy atom. The van der Waals surface area contributed by atoms with Crippen molar-refractivity contribution in [2.45, 2.75) is 26.8 Å². The largest absolute Gasteiger partial charge is 0.366 e. The van der Waals surface area contributed by atoms with Gasteiger partial charge in [0.2, 0.25) is 0 Å². The number of aromatic nitrogens is 2. The van der Waals surface area contributed by atoms with Crippen LogP contribution >= 0.6 is 11.3 Å². The molecule has 0 amide bonds. The number of aryl methyl sites for hydroxylation is 2. The van der Waals surface area contributed by atoms with Crippen LogP contribution in [0.15, 0.2) is 6.33 Å². The molecule has 0 aromatic carbocycles. The molecule has 5 nitrogen and oxygen atoms in total. The number of nitrogens with one attached hydrogen (secondary N) is 1. The molecule has 0 bridgehead atoms. The van der Waals surface area contributed by atoms with E-state index in [2.05, 4.69) is 15.3 Å². The van der Waals surface area contributed by atoms with E-state index in [0.29, 0.717) is 5.82 Å². The maximum atomic E-state index is 11.3. The molecule has 2 aromatic rings. The number of sulfone groups is 1. The fraction of sp³-hybridized carbons (Fsp3) is 0.500. The van der Waals surface area contributed by atoms with E-state index >= 15 is 0 Å². The van der Waals surface area contributed by atoms with Gasteiger partial charge in [-0.2, -0.15) is 0 Å². The normalized spacial score (nSPS) is 13.7. The summed E-state index contributed by atoms with van der Waals surface area (Å²) in [6.07, 6.45) is 2.74. The van der Waals surface area contributed by atoms with Gasteiger partial charge in [-0.1, -0.05) is 0 Å². The van der Waals surface area contributed by atoms with Crippen LogP contribution in [-0.4, -0.2) is 36.4 Å². The summed E-state index contributed by atoms with van der Waals surface area (Å²) in [7, 11) is -3.00. The van der Waals surface area contributed by atoms with Crippen molar-refractivity contribution in [1.82, 2.24) is 9.97 Å². The first-order valence-electron chi connectivity index (χ1n) is 5.93. The van der Waals surface area contributed by atoms with Gasteiger partial charge in [0, 0.05) is 17.2 Å². The molecule has 2 rings (SSSR count). The average Bonchev–Trinajstić information content (AvgIpc) is 2.53. The molecule has 0 aliphatic heterocycles. The second kappa shape index (κ2) is 5.05. The summed E-state index contributed by atoms with van der Waals surface area (Å²) >= 11 is 1.62. The average molecular weight is 299 g/mol. The fourth-order valence-corrected chi connectivity index (χ4v) is 4.01. The van der Waals surface area contributed by atoms with E-state index in [1.54, 1.807) is 11.3 Å². The third kappa shape index (κ3) is 3.22. The van der Waals surface area contributed by atoms with Gasteiger partial charge in [-0.05, 0) is 26.3 Å². The van der Waals surface area contributed by atoms with Crippen molar-refractivity contribution < 1.29 is 8.42 Å². The van der Waals surface area contributed by atoms with Crippen molar-refractivity contribution in [3.63, 3.8) is 0 Å². The summed E-state index contributed by atoms with van der Waals surface area (Å²) in [5, 5.41) is 4.16. The van der Waals surface area contributed by atoms with Gasteiger partial charge in [-0.25, -0.2) is 18.4 Å². The first kappa shape index (κ1) is 14.2. The Bertz CT molecular complexity index is 707. The molecule has 2 heterocycles. The molecule has 104 valence electrons. The smallest absolute Gasteiger partial charge is 0.149 e. The highest BCUT2D eigenvalue weighted by Gasteiger charge is 2.15. The van der Waals surface area contributed by atoms with E-state index in [1.807, 2.05) is 20.8 Å². The van der Waals surface area contributed by atoms with Crippen LogP contribution in [0.2, 0.25) is 0 Å². The van der Waals surface area contributed by atoms with Crippen molar-refractivity contribution in [2.75, 3.05) is 17.3 Å². The number of anilines is 1. The lowest BCUT2D eigenvalue weighted by atomic mass is 10.2. The van der Waals surface area contributed by atoms with Gasteiger partial charge in [0.15, 0.2) is 0 Å². The van der Waals surface area contributed by atoms with E-state index in [9.17, 15) is 8.42 Å². The molecule has 0 aliphatic rings. The van der Waals surface area contributed by atoms with Crippen molar-refractivity contribution in [1.29, 1.82) is 0 Å². The van der Waals surface area contributed by atoms with Gasteiger partial charge >= 0.3 is 0 Å². The van der Waals surface area contributed by atoms with Crippen LogP contribution in [0.5, 0.6) is 0 Å². The summed E-state index contributed by atoms with van der Waals surface area (Å²) in [5.74, 6) is 0.795. The van der Waals surface area contributed by atoms with Gasteiger partial charge in [-0.15, -0.1) is 11.3 Å². The van der Waals surface area contributed by atoms with Crippen LogP contribution in [0, 0.1) is 13.8 Å². The van der Waals surface area contributed by atoms with E-state index in [0.717, 1.165) is 15.8 Å². The molecule has 0 saturated heterocycles. The minimum atomic E-state index is -3.00. The molecule has 0 spiro atoms.